The van der Waals surface area contributed by atoms with E-state index in [1.165, 1.54) is 29.5 Å². The third kappa shape index (κ3) is 5.58. The van der Waals surface area contributed by atoms with Gasteiger partial charge in [-0.15, -0.1) is 10.2 Å². The van der Waals surface area contributed by atoms with Gasteiger partial charge in [0.05, 0.1) is 5.75 Å². The first-order valence-electron chi connectivity index (χ1n) is 8.18. The van der Waals surface area contributed by atoms with Crippen LogP contribution in [-0.2, 0) is 4.79 Å². The molecule has 0 saturated carbocycles. The smallest absolute Gasteiger partial charge is 0.325 e. The van der Waals surface area contributed by atoms with Crippen LogP contribution < -0.4 is 10.6 Å². The number of hydrogen-bond acceptors (Lipinski definition) is 6. The van der Waals surface area contributed by atoms with Crippen molar-refractivity contribution in [3.8, 4) is 0 Å². The van der Waals surface area contributed by atoms with Gasteiger partial charge in [0, 0.05) is 23.8 Å². The normalized spacial score (nSPS) is 14.1. The summed E-state index contributed by atoms with van der Waals surface area (Å²) in [6, 6.07) is 6.38. The van der Waals surface area contributed by atoms with Gasteiger partial charge in [0.1, 0.15) is 0 Å². The first kappa shape index (κ1) is 18.9. The first-order chi connectivity index (χ1) is 12.6. The van der Waals surface area contributed by atoms with Gasteiger partial charge in [-0.1, -0.05) is 34.7 Å². The van der Waals surface area contributed by atoms with Crippen LogP contribution >= 0.6 is 34.7 Å². The molecule has 1 aromatic heterocycles. The summed E-state index contributed by atoms with van der Waals surface area (Å²) in [5.74, 6) is 0.464. The number of piperidine rings is 1. The summed E-state index contributed by atoms with van der Waals surface area (Å²) >= 11 is 8.39. The number of nitrogens with zero attached hydrogens (tertiary/aromatic N) is 3. The average molecular weight is 412 g/mol. The third-order valence-corrected chi connectivity index (χ3v) is 5.97. The van der Waals surface area contributed by atoms with E-state index in [0.717, 1.165) is 25.9 Å². The Bertz CT molecular complexity index is 762. The highest BCUT2D eigenvalue weighted by molar-refractivity contribution is 8.01. The molecule has 26 heavy (non-hydrogen) atoms. The maximum atomic E-state index is 12.2. The molecule has 1 fully saturated rings. The second kappa shape index (κ2) is 9.20. The van der Waals surface area contributed by atoms with Crippen molar-refractivity contribution < 1.29 is 9.59 Å². The Kier molecular flexibility index (Phi) is 6.70. The van der Waals surface area contributed by atoms with Crippen molar-refractivity contribution in [3.63, 3.8) is 0 Å². The molecule has 2 heterocycles. The van der Waals surface area contributed by atoms with Gasteiger partial charge in [0.15, 0.2) is 4.34 Å². The predicted molar refractivity (Wildman–Crippen MR) is 105 cm³/mol. The van der Waals surface area contributed by atoms with Crippen molar-refractivity contribution in [3.05, 3.63) is 29.3 Å². The molecule has 10 heteroatoms. The van der Waals surface area contributed by atoms with Crippen LogP contribution in [0.3, 0.4) is 0 Å². The summed E-state index contributed by atoms with van der Waals surface area (Å²) in [6.07, 6.45) is 3.35. The zero-order chi connectivity index (χ0) is 18.4. The molecule has 0 aliphatic carbocycles. The summed E-state index contributed by atoms with van der Waals surface area (Å²) in [7, 11) is 0. The lowest BCUT2D eigenvalue weighted by atomic mass is 10.1. The molecule has 1 saturated heterocycles. The molecule has 0 radical (unpaired) electrons. The standard InChI is InChI=1S/C16H18ClN5O2S2/c17-11-4-6-12(7-5-11)18-14(24)19-15-20-21-16(26-15)25-10-13(23)22-8-2-1-3-9-22/h4-7H,1-3,8-10H2,(H2,18,19,20,24). The number of amides is 3. The van der Waals surface area contributed by atoms with Gasteiger partial charge in [-0.05, 0) is 43.5 Å². The quantitative estimate of drug-likeness (QED) is 0.574. The molecule has 138 valence electrons. The van der Waals surface area contributed by atoms with Gasteiger partial charge in [0.2, 0.25) is 11.0 Å². The number of urea groups is 1. The lowest BCUT2D eigenvalue weighted by molar-refractivity contribution is -0.129. The molecule has 0 spiro atoms. The molecule has 1 aliphatic rings. The summed E-state index contributed by atoms with van der Waals surface area (Å²) in [5.41, 5.74) is 0.623. The van der Waals surface area contributed by atoms with Gasteiger partial charge in [-0.25, -0.2) is 4.79 Å². The predicted octanol–water partition coefficient (Wildman–Crippen LogP) is 3.94. The fourth-order valence-electron chi connectivity index (χ4n) is 2.47. The van der Waals surface area contributed by atoms with Crippen LogP contribution in [0.4, 0.5) is 15.6 Å². The van der Waals surface area contributed by atoms with E-state index in [4.69, 9.17) is 11.6 Å². The maximum Gasteiger partial charge on any atom is 0.325 e. The number of nitrogens with one attached hydrogen (secondary N) is 2. The van der Waals surface area contributed by atoms with Gasteiger partial charge < -0.3 is 10.2 Å². The Morgan fingerprint density at radius 3 is 2.58 bits per heavy atom. The van der Waals surface area contributed by atoms with Crippen molar-refractivity contribution in [2.75, 3.05) is 29.5 Å². The molecule has 2 aromatic rings. The molecule has 0 unspecified atom stereocenters. The van der Waals surface area contributed by atoms with Crippen LogP contribution in [0.1, 0.15) is 19.3 Å². The Hall–Kier alpha value is -1.84. The summed E-state index contributed by atoms with van der Waals surface area (Å²) in [6.45, 7) is 1.68. The molecule has 7 nitrogen and oxygen atoms in total. The van der Waals surface area contributed by atoms with Crippen LogP contribution in [0.25, 0.3) is 0 Å². The maximum absolute atomic E-state index is 12.2. The number of aromatic nitrogens is 2. The number of hydrogen-bond donors (Lipinski definition) is 2. The largest absolute Gasteiger partial charge is 0.342 e. The monoisotopic (exact) mass is 411 g/mol. The van der Waals surface area contributed by atoms with Gasteiger partial charge in [-0.3, -0.25) is 10.1 Å². The molecule has 3 amide bonds. The number of anilines is 2. The van der Waals surface area contributed by atoms with E-state index in [1.807, 2.05) is 4.90 Å². The summed E-state index contributed by atoms with van der Waals surface area (Å²) in [4.78, 5) is 26.0. The summed E-state index contributed by atoms with van der Waals surface area (Å²) < 4.78 is 0.650. The number of carbonyl (C=O) groups is 2. The van der Waals surface area contributed by atoms with Crippen molar-refractivity contribution in [2.24, 2.45) is 0 Å². The molecule has 0 bridgehead atoms. The number of carbonyl (C=O) groups excluding carboxylic acids is 2. The third-order valence-electron chi connectivity index (χ3n) is 3.76. The van der Waals surface area contributed by atoms with Gasteiger partial charge >= 0.3 is 6.03 Å². The number of likely N-dealkylation sites (tertiary alicyclic amines) is 1. The Morgan fingerprint density at radius 2 is 1.85 bits per heavy atom. The number of benzene rings is 1. The lowest BCUT2D eigenvalue weighted by Gasteiger charge is -2.26. The Morgan fingerprint density at radius 1 is 1.12 bits per heavy atom. The van der Waals surface area contributed by atoms with E-state index in [9.17, 15) is 9.59 Å². The molecular weight excluding hydrogens is 394 g/mol. The SMILES string of the molecule is O=C(Nc1ccc(Cl)cc1)Nc1nnc(SCC(=O)N2CCCCC2)s1. The van der Waals surface area contributed by atoms with E-state index >= 15 is 0 Å². The zero-order valence-corrected chi connectivity index (χ0v) is 16.3. The minimum atomic E-state index is -0.413. The highest BCUT2D eigenvalue weighted by Gasteiger charge is 2.17. The number of halogens is 1. The summed E-state index contributed by atoms with van der Waals surface area (Å²) in [5, 5.41) is 14.2. The second-order valence-corrected chi connectivity index (χ2v) is 8.33. The van der Waals surface area contributed by atoms with E-state index in [-0.39, 0.29) is 5.91 Å². The molecule has 1 aliphatic heterocycles. The van der Waals surface area contributed by atoms with E-state index in [2.05, 4.69) is 20.8 Å². The number of thioether (sulfide) groups is 1. The Labute approximate surface area is 164 Å². The molecule has 0 atom stereocenters. The zero-order valence-electron chi connectivity index (χ0n) is 13.9. The fourth-order valence-corrected chi connectivity index (χ4v) is 4.25. The second-order valence-electron chi connectivity index (χ2n) is 5.69. The molecule has 2 N–H and O–H groups in total. The van der Waals surface area contributed by atoms with Crippen LogP contribution in [0.2, 0.25) is 5.02 Å². The van der Waals surface area contributed by atoms with Gasteiger partial charge in [-0.2, -0.15) is 0 Å². The lowest BCUT2D eigenvalue weighted by Crippen LogP contribution is -2.36. The molecular formula is C16H18ClN5O2S2. The highest BCUT2D eigenvalue weighted by Crippen LogP contribution is 2.26. The Balaban J connectivity index is 1.45. The fraction of sp³-hybridized carbons (Fsp3) is 0.375. The minimum Gasteiger partial charge on any atom is -0.342 e. The van der Waals surface area contributed by atoms with Crippen LogP contribution in [0.5, 0.6) is 0 Å². The van der Waals surface area contributed by atoms with Crippen LogP contribution in [0, 0.1) is 0 Å². The highest BCUT2D eigenvalue weighted by atomic mass is 35.5. The van der Waals surface area contributed by atoms with E-state index in [1.54, 1.807) is 24.3 Å². The van der Waals surface area contributed by atoms with Crippen molar-refractivity contribution >= 4 is 57.5 Å². The number of rotatable bonds is 5. The molecule has 3 rings (SSSR count). The van der Waals surface area contributed by atoms with Crippen molar-refractivity contribution in [1.82, 2.24) is 15.1 Å². The van der Waals surface area contributed by atoms with E-state index in [0.29, 0.717) is 25.9 Å². The average Bonchev–Trinajstić information content (AvgIpc) is 3.09. The topological polar surface area (TPSA) is 87.2 Å². The van der Waals surface area contributed by atoms with Crippen molar-refractivity contribution in [2.45, 2.75) is 23.6 Å². The minimum absolute atomic E-state index is 0.125. The van der Waals surface area contributed by atoms with Gasteiger partial charge in [0.25, 0.3) is 0 Å². The first-order valence-corrected chi connectivity index (χ1v) is 10.4. The van der Waals surface area contributed by atoms with E-state index < -0.39 is 6.03 Å². The molecule has 1 aromatic carbocycles. The van der Waals surface area contributed by atoms with Crippen LogP contribution in [0.15, 0.2) is 28.6 Å². The van der Waals surface area contributed by atoms with Crippen molar-refractivity contribution in [1.29, 1.82) is 0 Å². The van der Waals surface area contributed by atoms with Crippen LogP contribution in [-0.4, -0.2) is 45.9 Å².